The number of nitrogens with zero attached hydrogens (tertiary/aromatic N) is 3. The molecule has 17 heavy (non-hydrogen) atoms. The van der Waals surface area contributed by atoms with Crippen LogP contribution in [0.1, 0.15) is 24.6 Å². The molecule has 0 radical (unpaired) electrons. The van der Waals surface area contributed by atoms with Gasteiger partial charge in [0.05, 0.1) is 0 Å². The maximum Gasteiger partial charge on any atom is 0.160 e. The molecule has 1 saturated heterocycles. The van der Waals surface area contributed by atoms with E-state index in [1.807, 2.05) is 28.8 Å². The summed E-state index contributed by atoms with van der Waals surface area (Å²) in [5.41, 5.74) is 0.821. The molecule has 2 unspecified atom stereocenters. The van der Waals surface area contributed by atoms with Crippen molar-refractivity contribution in [2.24, 2.45) is 0 Å². The van der Waals surface area contributed by atoms with E-state index in [4.69, 9.17) is 0 Å². The quantitative estimate of drug-likeness (QED) is 0.813. The molecule has 90 valence electrons. The molecule has 3 rings (SSSR count). The lowest BCUT2D eigenvalue weighted by Crippen LogP contribution is -2.20. The summed E-state index contributed by atoms with van der Waals surface area (Å²) in [6.45, 7) is 1.52. The first-order valence-corrected chi connectivity index (χ1v) is 5.99. The SMILES string of the molecule is FC1CCNCC(c2nnc3ccccn23)C1. The first-order chi connectivity index (χ1) is 8.34. The highest BCUT2D eigenvalue weighted by molar-refractivity contribution is 5.37. The topological polar surface area (TPSA) is 42.2 Å². The van der Waals surface area contributed by atoms with Gasteiger partial charge in [-0.05, 0) is 31.5 Å². The Hall–Kier alpha value is -1.49. The number of pyridine rings is 1. The molecule has 0 aliphatic carbocycles. The summed E-state index contributed by atoms with van der Waals surface area (Å²) in [4.78, 5) is 0. The van der Waals surface area contributed by atoms with E-state index < -0.39 is 6.17 Å². The molecule has 5 heteroatoms. The molecule has 1 aliphatic rings. The normalized spacial score (nSPS) is 25.9. The Morgan fingerprint density at radius 2 is 2.29 bits per heavy atom. The van der Waals surface area contributed by atoms with Crippen LogP contribution in [-0.2, 0) is 0 Å². The number of halogens is 1. The van der Waals surface area contributed by atoms with E-state index in [0.717, 1.165) is 24.6 Å². The van der Waals surface area contributed by atoms with Gasteiger partial charge in [0.2, 0.25) is 0 Å². The Bertz CT molecular complexity index is 510. The molecular formula is C12H15FN4. The van der Waals surface area contributed by atoms with Gasteiger partial charge in [0.25, 0.3) is 0 Å². The van der Waals surface area contributed by atoms with Crippen molar-refractivity contribution in [1.29, 1.82) is 0 Å². The first kappa shape index (κ1) is 10.7. The van der Waals surface area contributed by atoms with Crippen molar-refractivity contribution in [3.8, 4) is 0 Å². The van der Waals surface area contributed by atoms with Crippen molar-refractivity contribution in [3.05, 3.63) is 30.2 Å². The molecule has 0 amide bonds. The highest BCUT2D eigenvalue weighted by Crippen LogP contribution is 2.24. The third-order valence-electron chi connectivity index (χ3n) is 3.27. The highest BCUT2D eigenvalue weighted by Gasteiger charge is 2.24. The van der Waals surface area contributed by atoms with E-state index >= 15 is 0 Å². The fourth-order valence-electron chi connectivity index (χ4n) is 2.38. The number of hydrogen-bond acceptors (Lipinski definition) is 3. The molecule has 2 atom stereocenters. The fraction of sp³-hybridized carbons (Fsp3) is 0.500. The Balaban J connectivity index is 1.96. The molecule has 0 aromatic carbocycles. The Morgan fingerprint density at radius 3 is 3.24 bits per heavy atom. The largest absolute Gasteiger partial charge is 0.316 e. The third kappa shape index (κ3) is 2.02. The predicted molar refractivity (Wildman–Crippen MR) is 62.7 cm³/mol. The van der Waals surface area contributed by atoms with Crippen molar-refractivity contribution < 1.29 is 4.39 Å². The number of aromatic nitrogens is 3. The molecule has 3 heterocycles. The van der Waals surface area contributed by atoms with Crippen LogP contribution in [0.25, 0.3) is 5.65 Å². The predicted octanol–water partition coefficient (Wildman–Crippen LogP) is 1.53. The van der Waals surface area contributed by atoms with Gasteiger partial charge in [-0.1, -0.05) is 6.07 Å². The van der Waals surface area contributed by atoms with E-state index in [0.29, 0.717) is 12.8 Å². The summed E-state index contributed by atoms with van der Waals surface area (Å²) in [6.07, 6.45) is 2.31. The van der Waals surface area contributed by atoms with E-state index in [1.165, 1.54) is 0 Å². The third-order valence-corrected chi connectivity index (χ3v) is 3.27. The van der Waals surface area contributed by atoms with Crippen LogP contribution < -0.4 is 5.32 Å². The zero-order valence-corrected chi connectivity index (χ0v) is 9.51. The number of rotatable bonds is 1. The fourth-order valence-corrected chi connectivity index (χ4v) is 2.38. The lowest BCUT2D eigenvalue weighted by molar-refractivity contribution is 0.294. The minimum Gasteiger partial charge on any atom is -0.316 e. The summed E-state index contributed by atoms with van der Waals surface area (Å²) >= 11 is 0. The second kappa shape index (κ2) is 4.41. The maximum atomic E-state index is 13.6. The van der Waals surface area contributed by atoms with Crippen molar-refractivity contribution >= 4 is 5.65 Å². The molecule has 0 bridgehead atoms. The summed E-state index contributed by atoms with van der Waals surface area (Å²) < 4.78 is 15.5. The average Bonchev–Trinajstić information content (AvgIpc) is 2.66. The molecule has 0 saturated carbocycles. The van der Waals surface area contributed by atoms with Crippen LogP contribution in [0.2, 0.25) is 0 Å². The second-order valence-electron chi connectivity index (χ2n) is 4.51. The summed E-state index contributed by atoms with van der Waals surface area (Å²) in [5, 5.41) is 11.6. The van der Waals surface area contributed by atoms with Gasteiger partial charge in [-0.15, -0.1) is 10.2 Å². The number of fused-ring (bicyclic) bond motifs is 1. The van der Waals surface area contributed by atoms with Crippen molar-refractivity contribution in [2.75, 3.05) is 13.1 Å². The molecule has 4 nitrogen and oxygen atoms in total. The molecular weight excluding hydrogens is 219 g/mol. The first-order valence-electron chi connectivity index (χ1n) is 5.99. The van der Waals surface area contributed by atoms with Gasteiger partial charge in [0, 0.05) is 18.7 Å². The zero-order chi connectivity index (χ0) is 11.7. The molecule has 0 spiro atoms. The summed E-state index contributed by atoms with van der Waals surface area (Å²) in [5.74, 6) is 0.961. The molecule has 2 aromatic rings. The van der Waals surface area contributed by atoms with Gasteiger partial charge in [0.1, 0.15) is 12.0 Å². The van der Waals surface area contributed by atoms with E-state index in [1.54, 1.807) is 0 Å². The highest BCUT2D eigenvalue weighted by atomic mass is 19.1. The lowest BCUT2D eigenvalue weighted by atomic mass is 10.0. The second-order valence-corrected chi connectivity index (χ2v) is 4.51. The smallest absolute Gasteiger partial charge is 0.160 e. The maximum absolute atomic E-state index is 13.6. The van der Waals surface area contributed by atoms with E-state index in [2.05, 4.69) is 15.5 Å². The molecule has 1 aliphatic heterocycles. The van der Waals surface area contributed by atoms with Crippen LogP contribution in [0.15, 0.2) is 24.4 Å². The number of hydrogen-bond donors (Lipinski definition) is 1. The van der Waals surface area contributed by atoms with Gasteiger partial charge in [0.15, 0.2) is 5.65 Å². The van der Waals surface area contributed by atoms with Crippen LogP contribution in [0, 0.1) is 0 Å². The Labute approximate surface area is 98.9 Å². The van der Waals surface area contributed by atoms with Crippen LogP contribution in [0.4, 0.5) is 4.39 Å². The zero-order valence-electron chi connectivity index (χ0n) is 9.51. The minimum atomic E-state index is -0.744. The standard InChI is InChI=1S/C12H15FN4/c13-10-4-5-14-8-9(7-10)12-16-15-11-3-1-2-6-17(11)12/h1-3,6,9-10,14H,4-5,7-8H2. The molecule has 2 aromatic heterocycles. The van der Waals surface area contributed by atoms with Crippen LogP contribution >= 0.6 is 0 Å². The molecule has 1 N–H and O–H groups in total. The van der Waals surface area contributed by atoms with E-state index in [9.17, 15) is 4.39 Å². The van der Waals surface area contributed by atoms with Crippen molar-refractivity contribution in [3.63, 3.8) is 0 Å². The van der Waals surface area contributed by atoms with Crippen molar-refractivity contribution in [2.45, 2.75) is 24.9 Å². The van der Waals surface area contributed by atoms with E-state index in [-0.39, 0.29) is 5.92 Å². The number of alkyl halides is 1. The minimum absolute atomic E-state index is 0.102. The van der Waals surface area contributed by atoms with Gasteiger partial charge in [-0.2, -0.15) is 0 Å². The Morgan fingerprint density at radius 1 is 1.35 bits per heavy atom. The summed E-state index contributed by atoms with van der Waals surface area (Å²) in [6, 6.07) is 5.78. The lowest BCUT2D eigenvalue weighted by Gasteiger charge is -2.13. The van der Waals surface area contributed by atoms with Gasteiger partial charge in [-0.3, -0.25) is 4.40 Å². The molecule has 1 fully saturated rings. The van der Waals surface area contributed by atoms with Crippen LogP contribution in [0.5, 0.6) is 0 Å². The summed E-state index contributed by atoms with van der Waals surface area (Å²) in [7, 11) is 0. The van der Waals surface area contributed by atoms with Crippen LogP contribution in [-0.4, -0.2) is 33.9 Å². The van der Waals surface area contributed by atoms with Gasteiger partial charge < -0.3 is 5.32 Å². The monoisotopic (exact) mass is 234 g/mol. The average molecular weight is 234 g/mol. The van der Waals surface area contributed by atoms with Crippen LogP contribution in [0.3, 0.4) is 0 Å². The number of nitrogens with one attached hydrogen (secondary N) is 1. The van der Waals surface area contributed by atoms with Gasteiger partial charge >= 0.3 is 0 Å². The van der Waals surface area contributed by atoms with Gasteiger partial charge in [-0.25, -0.2) is 4.39 Å². The van der Waals surface area contributed by atoms with Crippen molar-refractivity contribution in [1.82, 2.24) is 19.9 Å². The Kier molecular flexibility index (Phi) is 2.76.